The molecule has 3 N–H and O–H groups in total. The Morgan fingerprint density at radius 2 is 2.17 bits per heavy atom. The topological polar surface area (TPSA) is 69.8 Å². The first-order valence-corrected chi connectivity index (χ1v) is 7.88. The molecule has 2 fully saturated rings. The summed E-state index contributed by atoms with van der Waals surface area (Å²) in [6.45, 7) is 0.714. The molecule has 2 saturated carbocycles. The number of nitrogens with zero attached hydrogens (tertiary/aromatic N) is 1. The number of aromatic nitrogens is 2. The largest absolute Gasteiger partial charge is 0.337 e. The van der Waals surface area contributed by atoms with E-state index >= 15 is 0 Å². The number of carbonyl (C=O) groups excluding carboxylic acids is 1. The van der Waals surface area contributed by atoms with Gasteiger partial charge in [0, 0.05) is 12.2 Å². The van der Waals surface area contributed by atoms with Gasteiger partial charge >= 0.3 is 6.03 Å². The Kier molecular flexibility index (Phi) is 3.25. The van der Waals surface area contributed by atoms with Gasteiger partial charge in [0.25, 0.3) is 6.43 Å². The van der Waals surface area contributed by atoms with E-state index in [1.807, 2.05) is 0 Å². The molecular weight excluding hydrogens is 302 g/mol. The van der Waals surface area contributed by atoms with E-state index in [0.29, 0.717) is 28.7 Å². The summed E-state index contributed by atoms with van der Waals surface area (Å²) in [5, 5.41) is 5.68. The molecule has 4 rings (SSSR count). The summed E-state index contributed by atoms with van der Waals surface area (Å²) < 4.78 is 25.3. The fourth-order valence-electron chi connectivity index (χ4n) is 3.23. The first kappa shape index (κ1) is 14.4. The van der Waals surface area contributed by atoms with Crippen molar-refractivity contribution in [2.45, 2.75) is 32.1 Å². The number of hydrogen-bond acceptors (Lipinski definition) is 2. The third kappa shape index (κ3) is 2.87. The molecule has 0 bridgehead atoms. The Bertz CT molecular complexity index is 750. The molecule has 23 heavy (non-hydrogen) atoms. The van der Waals surface area contributed by atoms with Crippen LogP contribution in [0.4, 0.5) is 19.3 Å². The van der Waals surface area contributed by atoms with Gasteiger partial charge in [-0.1, -0.05) is 0 Å². The van der Waals surface area contributed by atoms with Crippen molar-refractivity contribution in [1.29, 1.82) is 0 Å². The van der Waals surface area contributed by atoms with Crippen LogP contribution in [0.5, 0.6) is 0 Å². The number of alkyl halides is 2. The predicted octanol–water partition coefficient (Wildman–Crippen LogP) is 3.81. The van der Waals surface area contributed by atoms with E-state index in [2.05, 4.69) is 20.6 Å². The number of benzene rings is 1. The maximum absolute atomic E-state index is 12.6. The number of aromatic amines is 1. The molecule has 1 aromatic carbocycles. The van der Waals surface area contributed by atoms with Crippen LogP contribution in [0.25, 0.3) is 11.0 Å². The van der Waals surface area contributed by atoms with Crippen LogP contribution in [-0.4, -0.2) is 22.5 Å². The standard InChI is InChI=1S/C16H18F2N4O/c17-13(18)14-21-11-4-3-10(7-12(11)22-14)20-15(23)19-8-16(5-6-16)9-1-2-9/h3-4,7,9,13H,1-2,5-6,8H2,(H,21,22)(H2,19,20,23). The number of hydrogen-bond donors (Lipinski definition) is 3. The molecule has 1 aromatic heterocycles. The molecule has 2 aromatic rings. The van der Waals surface area contributed by atoms with Gasteiger partial charge in [-0.2, -0.15) is 0 Å². The summed E-state index contributed by atoms with van der Waals surface area (Å²) in [5.74, 6) is 0.429. The van der Waals surface area contributed by atoms with E-state index in [9.17, 15) is 13.6 Å². The summed E-state index contributed by atoms with van der Waals surface area (Å²) in [6.07, 6.45) is 2.33. The van der Waals surface area contributed by atoms with E-state index in [4.69, 9.17) is 0 Å². The molecule has 2 aliphatic carbocycles. The predicted molar refractivity (Wildman–Crippen MR) is 82.5 cm³/mol. The van der Waals surface area contributed by atoms with Crippen molar-refractivity contribution >= 4 is 22.8 Å². The van der Waals surface area contributed by atoms with Crippen LogP contribution in [0.2, 0.25) is 0 Å². The minimum atomic E-state index is -2.64. The van der Waals surface area contributed by atoms with Gasteiger partial charge in [0.15, 0.2) is 5.82 Å². The smallest absolute Gasteiger partial charge is 0.319 e. The third-order valence-corrected chi connectivity index (χ3v) is 4.90. The van der Waals surface area contributed by atoms with Crippen molar-refractivity contribution in [2.24, 2.45) is 11.3 Å². The minimum absolute atomic E-state index is 0.259. The lowest BCUT2D eigenvalue weighted by atomic mass is 10.0. The molecule has 0 unspecified atom stereocenters. The van der Waals surface area contributed by atoms with Crippen LogP contribution in [0, 0.1) is 11.3 Å². The molecule has 2 aliphatic rings. The second kappa shape index (κ2) is 5.18. The number of halogens is 2. The number of carbonyl (C=O) groups is 1. The van der Waals surface area contributed by atoms with Crippen LogP contribution in [0.3, 0.4) is 0 Å². The lowest BCUT2D eigenvalue weighted by Crippen LogP contribution is -2.34. The number of H-pyrrole nitrogens is 1. The monoisotopic (exact) mass is 320 g/mol. The average Bonchev–Trinajstić information content (AvgIpc) is 3.41. The highest BCUT2D eigenvalue weighted by Crippen LogP contribution is 2.60. The fraction of sp³-hybridized carbons (Fsp3) is 0.500. The third-order valence-electron chi connectivity index (χ3n) is 4.90. The Hall–Kier alpha value is -2.18. The second-order valence-electron chi connectivity index (χ2n) is 6.60. The van der Waals surface area contributed by atoms with Gasteiger partial charge in [-0.15, -0.1) is 0 Å². The van der Waals surface area contributed by atoms with Crippen LogP contribution in [0.1, 0.15) is 37.9 Å². The lowest BCUT2D eigenvalue weighted by Gasteiger charge is -2.15. The molecule has 122 valence electrons. The van der Waals surface area contributed by atoms with Crippen LogP contribution < -0.4 is 10.6 Å². The summed E-state index contributed by atoms with van der Waals surface area (Å²) in [7, 11) is 0. The van der Waals surface area contributed by atoms with E-state index in [1.165, 1.54) is 25.7 Å². The summed E-state index contributed by atoms with van der Waals surface area (Å²) in [4.78, 5) is 18.4. The normalized spacial score (nSPS) is 19.1. The lowest BCUT2D eigenvalue weighted by molar-refractivity contribution is 0.142. The molecule has 2 amide bonds. The number of fused-ring (bicyclic) bond motifs is 1. The van der Waals surface area contributed by atoms with Gasteiger partial charge in [0.1, 0.15) is 0 Å². The number of imidazole rings is 1. The molecule has 0 saturated heterocycles. The van der Waals surface area contributed by atoms with Crippen molar-refractivity contribution in [3.63, 3.8) is 0 Å². The maximum Gasteiger partial charge on any atom is 0.319 e. The van der Waals surface area contributed by atoms with E-state index in [1.54, 1.807) is 18.2 Å². The minimum Gasteiger partial charge on any atom is -0.337 e. The zero-order valence-electron chi connectivity index (χ0n) is 12.5. The van der Waals surface area contributed by atoms with Gasteiger partial charge in [-0.25, -0.2) is 18.6 Å². The highest BCUT2D eigenvalue weighted by Gasteiger charge is 2.53. The van der Waals surface area contributed by atoms with E-state index < -0.39 is 6.43 Å². The Labute approximate surface area is 131 Å². The van der Waals surface area contributed by atoms with Gasteiger partial charge in [0.05, 0.1) is 11.0 Å². The summed E-state index contributed by atoms with van der Waals surface area (Å²) in [5.41, 5.74) is 1.83. The Morgan fingerprint density at radius 1 is 1.39 bits per heavy atom. The van der Waals surface area contributed by atoms with Gasteiger partial charge in [0.2, 0.25) is 0 Å². The van der Waals surface area contributed by atoms with E-state index in [0.717, 1.165) is 5.92 Å². The number of rotatable bonds is 5. The Balaban J connectivity index is 1.39. The average molecular weight is 320 g/mol. The number of anilines is 1. The van der Waals surface area contributed by atoms with Crippen LogP contribution in [0.15, 0.2) is 18.2 Å². The first-order chi connectivity index (χ1) is 11.1. The fourth-order valence-corrected chi connectivity index (χ4v) is 3.23. The van der Waals surface area contributed by atoms with Crippen molar-refractivity contribution < 1.29 is 13.6 Å². The maximum atomic E-state index is 12.6. The van der Waals surface area contributed by atoms with E-state index in [-0.39, 0.29) is 11.9 Å². The number of nitrogens with one attached hydrogen (secondary N) is 3. The van der Waals surface area contributed by atoms with Crippen LogP contribution in [-0.2, 0) is 0 Å². The zero-order valence-corrected chi connectivity index (χ0v) is 12.5. The quantitative estimate of drug-likeness (QED) is 0.784. The van der Waals surface area contributed by atoms with Gasteiger partial charge < -0.3 is 15.6 Å². The Morgan fingerprint density at radius 3 is 2.83 bits per heavy atom. The first-order valence-electron chi connectivity index (χ1n) is 7.88. The SMILES string of the molecule is O=C(NCC1(C2CC2)CC1)Nc1ccc2nc(C(F)F)[nH]c2c1. The number of urea groups is 1. The highest BCUT2D eigenvalue weighted by molar-refractivity contribution is 5.91. The van der Waals surface area contributed by atoms with Gasteiger partial charge in [-0.3, -0.25) is 0 Å². The molecule has 0 radical (unpaired) electrons. The molecule has 0 atom stereocenters. The van der Waals surface area contributed by atoms with Crippen molar-refractivity contribution in [2.75, 3.05) is 11.9 Å². The number of amides is 2. The molecule has 0 spiro atoms. The van der Waals surface area contributed by atoms with Crippen molar-refractivity contribution in [3.8, 4) is 0 Å². The zero-order chi connectivity index (χ0) is 16.0. The molecular formula is C16H18F2N4O. The van der Waals surface area contributed by atoms with Gasteiger partial charge in [-0.05, 0) is 55.2 Å². The molecule has 1 heterocycles. The second-order valence-corrected chi connectivity index (χ2v) is 6.60. The van der Waals surface area contributed by atoms with Crippen LogP contribution >= 0.6 is 0 Å². The van der Waals surface area contributed by atoms with Crippen molar-refractivity contribution in [1.82, 2.24) is 15.3 Å². The molecule has 7 heteroatoms. The highest BCUT2D eigenvalue weighted by atomic mass is 19.3. The molecule has 5 nitrogen and oxygen atoms in total. The molecule has 0 aliphatic heterocycles. The summed E-state index contributed by atoms with van der Waals surface area (Å²) >= 11 is 0. The summed E-state index contributed by atoms with van der Waals surface area (Å²) in [6, 6.07) is 4.62. The van der Waals surface area contributed by atoms with Crippen molar-refractivity contribution in [3.05, 3.63) is 24.0 Å².